The SMILES string of the molecule is CCCN(OC)C(=O)c1cc(N)c(F)cc1C. The molecule has 2 N–H and O–H groups in total. The van der Waals surface area contributed by atoms with Gasteiger partial charge < -0.3 is 5.73 Å². The maximum absolute atomic E-state index is 13.2. The first-order valence-corrected chi connectivity index (χ1v) is 5.42. The summed E-state index contributed by atoms with van der Waals surface area (Å²) < 4.78 is 13.2. The van der Waals surface area contributed by atoms with E-state index in [4.69, 9.17) is 10.6 Å². The van der Waals surface area contributed by atoms with E-state index in [2.05, 4.69) is 0 Å². The average molecular weight is 240 g/mol. The van der Waals surface area contributed by atoms with Crippen LogP contribution in [-0.4, -0.2) is 24.6 Å². The van der Waals surface area contributed by atoms with Crippen LogP contribution in [0.1, 0.15) is 29.3 Å². The van der Waals surface area contributed by atoms with Crippen LogP contribution < -0.4 is 5.73 Å². The number of rotatable bonds is 4. The summed E-state index contributed by atoms with van der Waals surface area (Å²) in [6.45, 7) is 4.08. The summed E-state index contributed by atoms with van der Waals surface area (Å²) in [6, 6.07) is 2.59. The molecule has 0 fully saturated rings. The number of hydroxylamine groups is 2. The Morgan fingerprint density at radius 2 is 2.18 bits per heavy atom. The highest BCUT2D eigenvalue weighted by molar-refractivity contribution is 5.95. The quantitative estimate of drug-likeness (QED) is 0.648. The van der Waals surface area contributed by atoms with E-state index >= 15 is 0 Å². The molecule has 0 aromatic heterocycles. The molecule has 0 aliphatic heterocycles. The van der Waals surface area contributed by atoms with E-state index in [-0.39, 0.29) is 11.6 Å². The van der Waals surface area contributed by atoms with Gasteiger partial charge >= 0.3 is 0 Å². The highest BCUT2D eigenvalue weighted by atomic mass is 19.1. The average Bonchev–Trinajstić information content (AvgIpc) is 2.30. The lowest BCUT2D eigenvalue weighted by atomic mass is 10.1. The Hall–Kier alpha value is -1.62. The number of amides is 1. The fraction of sp³-hybridized carbons (Fsp3) is 0.417. The maximum Gasteiger partial charge on any atom is 0.277 e. The van der Waals surface area contributed by atoms with Crippen LogP contribution in [0.4, 0.5) is 10.1 Å². The fourth-order valence-electron chi connectivity index (χ4n) is 1.53. The zero-order valence-electron chi connectivity index (χ0n) is 10.3. The lowest BCUT2D eigenvalue weighted by molar-refractivity contribution is -0.0948. The number of hydrogen-bond donors (Lipinski definition) is 1. The molecule has 0 aliphatic carbocycles. The molecule has 4 nitrogen and oxygen atoms in total. The third-order valence-electron chi connectivity index (χ3n) is 2.45. The normalized spacial score (nSPS) is 10.4. The van der Waals surface area contributed by atoms with Crippen LogP contribution in [0.15, 0.2) is 12.1 Å². The predicted molar refractivity (Wildman–Crippen MR) is 63.9 cm³/mol. The van der Waals surface area contributed by atoms with Crippen molar-refractivity contribution in [2.45, 2.75) is 20.3 Å². The Kier molecular flexibility index (Phi) is 4.45. The van der Waals surface area contributed by atoms with Crippen LogP contribution in [0.2, 0.25) is 0 Å². The molecule has 0 bridgehead atoms. The molecule has 0 heterocycles. The number of anilines is 1. The Bertz CT molecular complexity index is 421. The van der Waals surface area contributed by atoms with Crippen LogP contribution in [0.5, 0.6) is 0 Å². The Labute approximate surface area is 100 Å². The van der Waals surface area contributed by atoms with Gasteiger partial charge in [-0.05, 0) is 31.0 Å². The highest BCUT2D eigenvalue weighted by Crippen LogP contribution is 2.19. The number of nitrogens with two attached hydrogens (primary N) is 1. The van der Waals surface area contributed by atoms with Crippen molar-refractivity contribution >= 4 is 11.6 Å². The van der Waals surface area contributed by atoms with Crippen LogP contribution in [0.25, 0.3) is 0 Å². The van der Waals surface area contributed by atoms with Gasteiger partial charge in [0.15, 0.2) is 0 Å². The summed E-state index contributed by atoms with van der Waals surface area (Å²) in [5, 5.41) is 1.24. The van der Waals surface area contributed by atoms with E-state index in [0.717, 1.165) is 6.42 Å². The number of hydrogen-bond acceptors (Lipinski definition) is 3. The molecule has 1 aromatic carbocycles. The Morgan fingerprint density at radius 1 is 1.53 bits per heavy atom. The van der Waals surface area contributed by atoms with Crippen LogP contribution in [0, 0.1) is 12.7 Å². The first-order chi connectivity index (χ1) is 8.01. The number of halogens is 1. The smallest absolute Gasteiger partial charge is 0.277 e. The molecule has 1 amide bonds. The number of aryl methyl sites for hydroxylation is 1. The highest BCUT2D eigenvalue weighted by Gasteiger charge is 2.18. The molecule has 1 rings (SSSR count). The largest absolute Gasteiger partial charge is 0.396 e. The Balaban J connectivity index is 3.07. The molecule has 0 saturated heterocycles. The van der Waals surface area contributed by atoms with E-state index in [0.29, 0.717) is 17.7 Å². The summed E-state index contributed by atoms with van der Waals surface area (Å²) in [4.78, 5) is 17.1. The van der Waals surface area contributed by atoms with Gasteiger partial charge in [-0.3, -0.25) is 9.63 Å². The van der Waals surface area contributed by atoms with Gasteiger partial charge in [-0.1, -0.05) is 6.92 Å². The molecule has 0 spiro atoms. The van der Waals surface area contributed by atoms with Gasteiger partial charge in [0.1, 0.15) is 5.82 Å². The monoisotopic (exact) mass is 240 g/mol. The first kappa shape index (κ1) is 13.4. The van der Waals surface area contributed by atoms with Crippen LogP contribution in [-0.2, 0) is 4.84 Å². The minimum atomic E-state index is -0.515. The minimum absolute atomic E-state index is 0.0356. The fourth-order valence-corrected chi connectivity index (χ4v) is 1.53. The van der Waals surface area contributed by atoms with Gasteiger partial charge in [0.25, 0.3) is 5.91 Å². The number of nitrogens with zero attached hydrogens (tertiary/aromatic N) is 1. The topological polar surface area (TPSA) is 55.6 Å². The zero-order chi connectivity index (χ0) is 13.0. The van der Waals surface area contributed by atoms with Crippen LogP contribution in [0.3, 0.4) is 0 Å². The van der Waals surface area contributed by atoms with E-state index < -0.39 is 5.82 Å². The van der Waals surface area contributed by atoms with Gasteiger partial charge in [-0.25, -0.2) is 9.45 Å². The summed E-state index contributed by atoms with van der Waals surface area (Å²) in [5.41, 5.74) is 6.32. The Morgan fingerprint density at radius 3 is 2.71 bits per heavy atom. The van der Waals surface area contributed by atoms with E-state index in [9.17, 15) is 9.18 Å². The number of nitrogen functional groups attached to an aromatic ring is 1. The number of carbonyl (C=O) groups excluding carboxylic acids is 1. The van der Waals surface area contributed by atoms with Gasteiger partial charge in [-0.2, -0.15) is 0 Å². The van der Waals surface area contributed by atoms with Gasteiger partial charge in [0.05, 0.1) is 12.8 Å². The van der Waals surface area contributed by atoms with Crippen molar-refractivity contribution in [3.05, 3.63) is 29.1 Å². The molecule has 0 atom stereocenters. The summed E-state index contributed by atoms with van der Waals surface area (Å²) in [6.07, 6.45) is 0.773. The predicted octanol–water partition coefficient (Wildman–Crippen LogP) is 2.13. The van der Waals surface area contributed by atoms with Gasteiger partial charge in [-0.15, -0.1) is 0 Å². The summed E-state index contributed by atoms with van der Waals surface area (Å²) in [5.74, 6) is -0.822. The van der Waals surface area contributed by atoms with E-state index in [1.807, 2.05) is 6.92 Å². The molecule has 0 radical (unpaired) electrons. The lowest BCUT2D eigenvalue weighted by Crippen LogP contribution is -2.31. The molecular formula is C12H17FN2O2. The van der Waals surface area contributed by atoms with Gasteiger partial charge in [0.2, 0.25) is 0 Å². The molecule has 1 aromatic rings. The van der Waals surface area contributed by atoms with Crippen molar-refractivity contribution < 1.29 is 14.0 Å². The molecule has 94 valence electrons. The molecule has 17 heavy (non-hydrogen) atoms. The second kappa shape index (κ2) is 5.63. The van der Waals surface area contributed by atoms with E-state index in [1.165, 1.54) is 24.3 Å². The standard InChI is InChI=1S/C12H17FN2O2/c1-4-5-15(17-3)12(16)9-7-11(14)10(13)6-8(9)2/h6-7H,4-5,14H2,1-3H3. The third-order valence-corrected chi connectivity index (χ3v) is 2.45. The first-order valence-electron chi connectivity index (χ1n) is 5.42. The lowest BCUT2D eigenvalue weighted by Gasteiger charge is -2.20. The van der Waals surface area contributed by atoms with Crippen molar-refractivity contribution in [3.63, 3.8) is 0 Å². The number of carbonyl (C=O) groups is 1. The minimum Gasteiger partial charge on any atom is -0.396 e. The van der Waals surface area contributed by atoms with E-state index in [1.54, 1.807) is 6.92 Å². The number of benzene rings is 1. The van der Waals surface area contributed by atoms with Crippen molar-refractivity contribution in [3.8, 4) is 0 Å². The van der Waals surface area contributed by atoms with Gasteiger partial charge in [0, 0.05) is 12.1 Å². The van der Waals surface area contributed by atoms with Crippen molar-refractivity contribution in [1.29, 1.82) is 0 Å². The third kappa shape index (κ3) is 2.94. The second-order valence-corrected chi connectivity index (χ2v) is 3.78. The van der Waals surface area contributed by atoms with Crippen LogP contribution >= 0.6 is 0 Å². The maximum atomic E-state index is 13.2. The molecular weight excluding hydrogens is 223 g/mol. The summed E-state index contributed by atoms with van der Waals surface area (Å²) in [7, 11) is 1.43. The molecule has 0 unspecified atom stereocenters. The van der Waals surface area contributed by atoms with Crippen molar-refractivity contribution in [2.75, 3.05) is 19.4 Å². The molecule has 0 aliphatic rings. The van der Waals surface area contributed by atoms with Crippen molar-refractivity contribution in [2.24, 2.45) is 0 Å². The van der Waals surface area contributed by atoms with Crippen molar-refractivity contribution in [1.82, 2.24) is 5.06 Å². The second-order valence-electron chi connectivity index (χ2n) is 3.78. The molecule has 5 heteroatoms. The summed E-state index contributed by atoms with van der Waals surface area (Å²) >= 11 is 0. The zero-order valence-corrected chi connectivity index (χ0v) is 10.3. The molecule has 0 saturated carbocycles.